The lowest BCUT2D eigenvalue weighted by atomic mass is 9.68. The summed E-state index contributed by atoms with van der Waals surface area (Å²) in [6, 6.07) is 17.2. The van der Waals surface area contributed by atoms with E-state index in [0.29, 0.717) is 42.6 Å². The zero-order valence-electron chi connectivity index (χ0n) is 19.4. The Morgan fingerprint density at radius 1 is 0.971 bits per heavy atom. The number of amides is 1. The maximum Gasteiger partial charge on any atom is 0.233 e. The van der Waals surface area contributed by atoms with Crippen LogP contribution in [0, 0.1) is 5.41 Å². The number of nitrogens with one attached hydrogen (secondary N) is 1. The van der Waals surface area contributed by atoms with E-state index in [0.717, 1.165) is 37.4 Å². The number of piperidine rings is 1. The Balaban J connectivity index is 1.35. The van der Waals surface area contributed by atoms with E-state index in [1.54, 1.807) is 30.5 Å². The first kappa shape index (κ1) is 22.3. The lowest BCUT2D eigenvalue weighted by Gasteiger charge is -2.58. The summed E-state index contributed by atoms with van der Waals surface area (Å²) in [5.74, 6) is 0.382. The molecule has 0 radical (unpaired) electrons. The minimum atomic E-state index is -0.525. The molecule has 7 heteroatoms. The summed E-state index contributed by atoms with van der Waals surface area (Å²) in [6.07, 6.45) is 4.76. The van der Waals surface area contributed by atoms with E-state index in [4.69, 9.17) is 11.5 Å². The highest BCUT2D eigenvalue weighted by atomic mass is 16.3. The Labute approximate surface area is 200 Å². The molecule has 3 saturated heterocycles. The lowest BCUT2D eigenvalue weighted by Crippen LogP contribution is -2.73. The summed E-state index contributed by atoms with van der Waals surface area (Å²) in [5.41, 5.74) is 15.0. The van der Waals surface area contributed by atoms with Crippen LogP contribution in [-0.4, -0.2) is 60.1 Å². The third-order valence-electron chi connectivity index (χ3n) is 7.75. The van der Waals surface area contributed by atoms with Crippen molar-refractivity contribution in [3.05, 3.63) is 83.7 Å². The average Bonchev–Trinajstić information content (AvgIpc) is 2.81. The predicted molar refractivity (Wildman–Crippen MR) is 133 cm³/mol. The van der Waals surface area contributed by atoms with Crippen LogP contribution in [0.5, 0.6) is 5.75 Å². The number of para-hydroxylation sites is 1. The molecule has 1 amide bonds. The molecule has 1 spiro atoms. The zero-order chi connectivity index (χ0) is 23.8. The van der Waals surface area contributed by atoms with Gasteiger partial charge in [0.15, 0.2) is 0 Å². The van der Waals surface area contributed by atoms with Crippen LogP contribution in [0.3, 0.4) is 0 Å². The maximum atomic E-state index is 13.9. The van der Waals surface area contributed by atoms with Gasteiger partial charge in [-0.05, 0) is 36.6 Å². The third-order valence-corrected chi connectivity index (χ3v) is 7.75. The number of likely N-dealkylation sites (tertiary alicyclic amines) is 2. The van der Waals surface area contributed by atoms with Gasteiger partial charge in [-0.25, -0.2) is 0 Å². The molecule has 34 heavy (non-hydrogen) atoms. The zero-order valence-corrected chi connectivity index (χ0v) is 19.4. The fraction of sp³-hybridized carbons (Fsp3) is 0.370. The molecule has 0 aliphatic carbocycles. The van der Waals surface area contributed by atoms with E-state index < -0.39 is 5.41 Å². The van der Waals surface area contributed by atoms with E-state index >= 15 is 0 Å². The molecule has 0 aromatic heterocycles. The number of benzene rings is 2. The maximum absolute atomic E-state index is 13.9. The summed E-state index contributed by atoms with van der Waals surface area (Å²) < 4.78 is 0. The molecule has 0 bridgehead atoms. The van der Waals surface area contributed by atoms with Gasteiger partial charge in [0.05, 0.1) is 11.1 Å². The van der Waals surface area contributed by atoms with Crippen molar-refractivity contribution in [1.29, 1.82) is 0 Å². The number of nitrogens with two attached hydrogens (primary N) is 2. The number of phenolic OH excluding ortho intramolecular Hbond substituents is 1. The van der Waals surface area contributed by atoms with Gasteiger partial charge in [-0.3, -0.25) is 4.79 Å². The number of carbonyl (C=O) groups is 1. The Morgan fingerprint density at radius 2 is 1.62 bits per heavy atom. The first-order chi connectivity index (χ1) is 16.5. The molecule has 6 N–H and O–H groups in total. The highest BCUT2D eigenvalue weighted by Crippen LogP contribution is 2.43. The Hall–Kier alpha value is -3.45. The van der Waals surface area contributed by atoms with Gasteiger partial charge >= 0.3 is 0 Å². The number of rotatable bonds is 5. The Kier molecular flexibility index (Phi) is 5.73. The second-order valence-electron chi connectivity index (χ2n) is 9.91. The van der Waals surface area contributed by atoms with E-state index in [-0.39, 0.29) is 11.7 Å². The topological polar surface area (TPSA) is 108 Å². The fourth-order valence-corrected chi connectivity index (χ4v) is 5.64. The van der Waals surface area contributed by atoms with E-state index in [9.17, 15) is 9.90 Å². The summed E-state index contributed by atoms with van der Waals surface area (Å²) in [5, 5.41) is 13.5. The van der Waals surface area contributed by atoms with Gasteiger partial charge in [-0.15, -0.1) is 0 Å². The van der Waals surface area contributed by atoms with Crippen molar-refractivity contribution < 1.29 is 9.90 Å². The number of hydrogen-bond donors (Lipinski definition) is 4. The van der Waals surface area contributed by atoms with Gasteiger partial charge in [-0.1, -0.05) is 42.5 Å². The van der Waals surface area contributed by atoms with Crippen molar-refractivity contribution in [3.8, 4) is 5.75 Å². The van der Waals surface area contributed by atoms with Gasteiger partial charge in [0.2, 0.25) is 5.91 Å². The fourth-order valence-electron chi connectivity index (χ4n) is 5.64. The van der Waals surface area contributed by atoms with Crippen LogP contribution in [0.15, 0.2) is 72.6 Å². The summed E-state index contributed by atoms with van der Waals surface area (Å²) in [6.45, 7) is 5.11. The number of carbonyl (C=O) groups excluding carboxylic acids is 1. The lowest BCUT2D eigenvalue weighted by molar-refractivity contribution is -0.155. The number of nitrogens with zero attached hydrogens (tertiary/aromatic N) is 2. The second kappa shape index (κ2) is 8.72. The van der Waals surface area contributed by atoms with Crippen molar-refractivity contribution in [3.63, 3.8) is 0 Å². The first-order valence-electron chi connectivity index (χ1n) is 11.9. The van der Waals surface area contributed by atoms with Crippen molar-refractivity contribution in [2.75, 3.05) is 39.3 Å². The molecule has 0 atom stereocenters. The molecule has 0 saturated carbocycles. The predicted octanol–water partition coefficient (Wildman–Crippen LogP) is 1.96. The molecule has 3 fully saturated rings. The highest BCUT2D eigenvalue weighted by molar-refractivity contribution is 5.89. The SMILES string of the molecule is N/C=C(\C=C(/N)c1ccccc1O)N1CCC(C(=O)N2CC3(CNC3)C2)(c2ccccc2)CC1. The highest BCUT2D eigenvalue weighted by Gasteiger charge is 2.54. The van der Waals surface area contributed by atoms with Crippen LogP contribution in [-0.2, 0) is 10.2 Å². The summed E-state index contributed by atoms with van der Waals surface area (Å²) in [4.78, 5) is 18.1. The number of allylic oxidation sites excluding steroid dienone is 1. The smallest absolute Gasteiger partial charge is 0.233 e. The van der Waals surface area contributed by atoms with Crippen LogP contribution in [0.25, 0.3) is 5.70 Å². The van der Waals surface area contributed by atoms with Gasteiger partial charge in [-0.2, -0.15) is 0 Å². The number of hydrogen-bond acceptors (Lipinski definition) is 6. The molecule has 0 unspecified atom stereocenters. The van der Waals surface area contributed by atoms with E-state index in [1.165, 1.54) is 0 Å². The van der Waals surface area contributed by atoms with Gasteiger partial charge in [0.1, 0.15) is 5.75 Å². The Bertz CT molecular complexity index is 1110. The molecule has 3 aliphatic rings. The molecule has 5 rings (SSSR count). The van der Waals surface area contributed by atoms with Crippen molar-refractivity contribution in [1.82, 2.24) is 15.1 Å². The first-order valence-corrected chi connectivity index (χ1v) is 11.9. The van der Waals surface area contributed by atoms with Crippen LogP contribution in [0.4, 0.5) is 0 Å². The van der Waals surface area contributed by atoms with Crippen LogP contribution in [0.2, 0.25) is 0 Å². The quantitative estimate of drug-likeness (QED) is 0.509. The van der Waals surface area contributed by atoms with Gasteiger partial charge in [0, 0.05) is 62.1 Å². The molecular weight excluding hydrogens is 426 g/mol. The normalized spacial score (nSPS) is 21.6. The molecule has 2 aromatic rings. The molecular formula is C27H33N5O2. The van der Waals surface area contributed by atoms with Crippen LogP contribution in [0.1, 0.15) is 24.0 Å². The van der Waals surface area contributed by atoms with Gasteiger partial charge in [0.25, 0.3) is 0 Å². The molecule has 3 aliphatic heterocycles. The molecule has 2 aromatic carbocycles. The Morgan fingerprint density at radius 3 is 2.21 bits per heavy atom. The second-order valence-corrected chi connectivity index (χ2v) is 9.91. The molecule has 7 nitrogen and oxygen atoms in total. The van der Waals surface area contributed by atoms with Crippen molar-refractivity contribution in [2.24, 2.45) is 16.9 Å². The van der Waals surface area contributed by atoms with E-state index in [2.05, 4.69) is 27.2 Å². The van der Waals surface area contributed by atoms with Gasteiger partial charge < -0.3 is 31.7 Å². The standard InChI is InChI=1S/C27H33N5O2/c28-15-21(14-23(29)22-8-4-5-9-24(22)33)31-12-10-27(11-13-31,20-6-2-1-3-7-20)25(34)32-18-26(19-32)16-30-17-26/h1-9,14-15,30,33H,10-13,16-19,28-29H2/b21-15+,23-14-. The largest absolute Gasteiger partial charge is 0.507 e. The molecule has 178 valence electrons. The minimum absolute atomic E-state index is 0.133. The minimum Gasteiger partial charge on any atom is -0.507 e. The monoisotopic (exact) mass is 459 g/mol. The van der Waals surface area contributed by atoms with Crippen LogP contribution < -0.4 is 16.8 Å². The summed E-state index contributed by atoms with van der Waals surface area (Å²) in [7, 11) is 0. The third kappa shape index (κ3) is 3.80. The number of aromatic hydroxyl groups is 1. The van der Waals surface area contributed by atoms with Crippen molar-refractivity contribution in [2.45, 2.75) is 18.3 Å². The molecule has 3 heterocycles. The number of phenols is 1. The van der Waals surface area contributed by atoms with E-state index in [1.807, 2.05) is 24.3 Å². The van der Waals surface area contributed by atoms with Crippen molar-refractivity contribution >= 4 is 11.6 Å². The van der Waals surface area contributed by atoms with Crippen LogP contribution >= 0.6 is 0 Å². The summed E-state index contributed by atoms with van der Waals surface area (Å²) >= 11 is 0. The average molecular weight is 460 g/mol.